The molecule has 1 saturated heterocycles. The normalized spacial score (nSPS) is 23.2. The van der Waals surface area contributed by atoms with Crippen molar-refractivity contribution >= 4 is 0 Å². The second kappa shape index (κ2) is 5.51. The van der Waals surface area contributed by atoms with Crippen LogP contribution >= 0.6 is 0 Å². The standard InChI is InChI=1S/C13H22N2O/c1-11-5-3-2-4-8-15(11)10-13-7-6-12(9-14)16-13/h6-7,11H,2-5,8-10,14H2,1H3. The largest absolute Gasteiger partial charge is 0.463 e. The SMILES string of the molecule is CC1CCCCCN1Cc1ccc(CN)o1. The van der Waals surface area contributed by atoms with E-state index in [1.807, 2.05) is 6.07 Å². The summed E-state index contributed by atoms with van der Waals surface area (Å²) in [5.74, 6) is 1.94. The summed E-state index contributed by atoms with van der Waals surface area (Å²) in [7, 11) is 0. The van der Waals surface area contributed by atoms with Crippen molar-refractivity contribution in [3.05, 3.63) is 23.7 Å². The van der Waals surface area contributed by atoms with Gasteiger partial charge in [-0.3, -0.25) is 4.90 Å². The number of furan rings is 1. The van der Waals surface area contributed by atoms with E-state index >= 15 is 0 Å². The average Bonchev–Trinajstić information content (AvgIpc) is 2.65. The smallest absolute Gasteiger partial charge is 0.118 e. The minimum absolute atomic E-state index is 0.496. The van der Waals surface area contributed by atoms with Gasteiger partial charge in [-0.15, -0.1) is 0 Å². The van der Waals surface area contributed by atoms with Crippen molar-refractivity contribution in [1.29, 1.82) is 0 Å². The lowest BCUT2D eigenvalue weighted by Gasteiger charge is -2.25. The summed E-state index contributed by atoms with van der Waals surface area (Å²) in [6.07, 6.45) is 5.36. The van der Waals surface area contributed by atoms with Crippen LogP contribution in [0.3, 0.4) is 0 Å². The van der Waals surface area contributed by atoms with Crippen LogP contribution in [0.25, 0.3) is 0 Å². The van der Waals surface area contributed by atoms with Gasteiger partial charge < -0.3 is 10.2 Å². The van der Waals surface area contributed by atoms with Gasteiger partial charge >= 0.3 is 0 Å². The Morgan fingerprint density at radius 2 is 2.12 bits per heavy atom. The van der Waals surface area contributed by atoms with E-state index in [0.717, 1.165) is 18.1 Å². The molecule has 2 heterocycles. The fourth-order valence-corrected chi connectivity index (χ4v) is 2.39. The third-order valence-electron chi connectivity index (χ3n) is 3.47. The Hall–Kier alpha value is -0.800. The van der Waals surface area contributed by atoms with Crippen LogP contribution in [0.2, 0.25) is 0 Å². The van der Waals surface area contributed by atoms with Gasteiger partial charge in [0, 0.05) is 6.04 Å². The molecule has 2 rings (SSSR count). The fraction of sp³-hybridized carbons (Fsp3) is 0.692. The highest BCUT2D eigenvalue weighted by molar-refractivity contribution is 5.07. The van der Waals surface area contributed by atoms with Crippen LogP contribution in [0.15, 0.2) is 16.5 Å². The first-order valence-electron chi connectivity index (χ1n) is 6.31. The monoisotopic (exact) mass is 222 g/mol. The van der Waals surface area contributed by atoms with Gasteiger partial charge in [-0.2, -0.15) is 0 Å². The molecule has 1 aliphatic heterocycles. The highest BCUT2D eigenvalue weighted by atomic mass is 16.3. The number of nitrogens with zero attached hydrogens (tertiary/aromatic N) is 1. The maximum atomic E-state index is 5.66. The minimum atomic E-state index is 0.496. The maximum Gasteiger partial charge on any atom is 0.118 e. The number of nitrogens with two attached hydrogens (primary N) is 1. The lowest BCUT2D eigenvalue weighted by Crippen LogP contribution is -2.31. The minimum Gasteiger partial charge on any atom is -0.463 e. The summed E-state index contributed by atoms with van der Waals surface area (Å²) >= 11 is 0. The zero-order valence-electron chi connectivity index (χ0n) is 10.1. The van der Waals surface area contributed by atoms with Crippen molar-refractivity contribution in [2.45, 2.75) is 51.7 Å². The first-order chi connectivity index (χ1) is 7.79. The third-order valence-corrected chi connectivity index (χ3v) is 3.47. The van der Waals surface area contributed by atoms with Gasteiger partial charge in [0.05, 0.1) is 13.1 Å². The molecular weight excluding hydrogens is 200 g/mol. The highest BCUT2D eigenvalue weighted by Gasteiger charge is 2.17. The zero-order chi connectivity index (χ0) is 11.4. The summed E-state index contributed by atoms with van der Waals surface area (Å²) in [6, 6.07) is 4.71. The van der Waals surface area contributed by atoms with E-state index in [1.54, 1.807) is 0 Å². The maximum absolute atomic E-state index is 5.66. The quantitative estimate of drug-likeness (QED) is 0.854. The van der Waals surface area contributed by atoms with E-state index < -0.39 is 0 Å². The molecular formula is C13H22N2O. The molecule has 3 nitrogen and oxygen atoms in total. The molecule has 0 radical (unpaired) electrons. The van der Waals surface area contributed by atoms with E-state index in [-0.39, 0.29) is 0 Å². The Kier molecular flexibility index (Phi) is 4.02. The van der Waals surface area contributed by atoms with Gasteiger partial charge in [-0.1, -0.05) is 12.8 Å². The predicted octanol–water partition coefficient (Wildman–Crippen LogP) is 2.50. The van der Waals surface area contributed by atoms with Crippen molar-refractivity contribution in [3.8, 4) is 0 Å². The van der Waals surface area contributed by atoms with Gasteiger partial charge in [0.15, 0.2) is 0 Å². The van der Waals surface area contributed by atoms with Gasteiger partial charge in [0.1, 0.15) is 11.5 Å². The molecule has 90 valence electrons. The molecule has 0 aliphatic carbocycles. The van der Waals surface area contributed by atoms with Gasteiger partial charge in [-0.05, 0) is 38.4 Å². The summed E-state index contributed by atoms with van der Waals surface area (Å²) in [4.78, 5) is 2.52. The molecule has 16 heavy (non-hydrogen) atoms. The number of likely N-dealkylation sites (tertiary alicyclic amines) is 1. The van der Waals surface area contributed by atoms with E-state index in [1.165, 1.54) is 32.2 Å². The Bertz CT molecular complexity index is 321. The van der Waals surface area contributed by atoms with Crippen LogP contribution in [-0.2, 0) is 13.1 Å². The lowest BCUT2D eigenvalue weighted by atomic mass is 10.1. The molecule has 0 amide bonds. The van der Waals surface area contributed by atoms with E-state index in [2.05, 4.69) is 17.9 Å². The first kappa shape index (κ1) is 11.7. The molecule has 3 heteroatoms. The Morgan fingerprint density at radius 1 is 1.31 bits per heavy atom. The summed E-state index contributed by atoms with van der Waals surface area (Å²) < 4.78 is 5.66. The predicted molar refractivity (Wildman–Crippen MR) is 64.9 cm³/mol. The molecule has 1 aliphatic rings. The van der Waals surface area contributed by atoms with Crippen LogP contribution in [0, 0.1) is 0 Å². The molecule has 0 bridgehead atoms. The second-order valence-electron chi connectivity index (χ2n) is 4.74. The van der Waals surface area contributed by atoms with Gasteiger partial charge in [0.2, 0.25) is 0 Å². The van der Waals surface area contributed by atoms with Crippen LogP contribution in [-0.4, -0.2) is 17.5 Å². The molecule has 0 aromatic carbocycles. The lowest BCUT2D eigenvalue weighted by molar-refractivity contribution is 0.188. The van der Waals surface area contributed by atoms with Crippen molar-refractivity contribution in [2.24, 2.45) is 5.73 Å². The van der Waals surface area contributed by atoms with Crippen LogP contribution in [0.4, 0.5) is 0 Å². The van der Waals surface area contributed by atoms with Crippen molar-refractivity contribution in [2.75, 3.05) is 6.54 Å². The van der Waals surface area contributed by atoms with Crippen molar-refractivity contribution in [1.82, 2.24) is 4.90 Å². The molecule has 1 aromatic rings. The van der Waals surface area contributed by atoms with Crippen LogP contribution in [0.1, 0.15) is 44.1 Å². The summed E-state index contributed by atoms with van der Waals surface area (Å²) in [6.45, 7) is 4.94. The van der Waals surface area contributed by atoms with Gasteiger partial charge in [0.25, 0.3) is 0 Å². The van der Waals surface area contributed by atoms with Crippen LogP contribution < -0.4 is 5.73 Å². The summed E-state index contributed by atoms with van der Waals surface area (Å²) in [5, 5.41) is 0. The van der Waals surface area contributed by atoms with Crippen molar-refractivity contribution < 1.29 is 4.42 Å². The van der Waals surface area contributed by atoms with E-state index in [9.17, 15) is 0 Å². The topological polar surface area (TPSA) is 42.4 Å². The Labute approximate surface area is 97.6 Å². The van der Waals surface area contributed by atoms with E-state index in [0.29, 0.717) is 12.6 Å². The third kappa shape index (κ3) is 2.86. The Balaban J connectivity index is 1.96. The highest BCUT2D eigenvalue weighted by Crippen LogP contribution is 2.19. The summed E-state index contributed by atoms with van der Waals surface area (Å²) in [5.41, 5.74) is 5.54. The molecule has 1 atom stereocenters. The second-order valence-corrected chi connectivity index (χ2v) is 4.74. The molecule has 1 unspecified atom stereocenters. The Morgan fingerprint density at radius 3 is 2.88 bits per heavy atom. The first-order valence-corrected chi connectivity index (χ1v) is 6.31. The van der Waals surface area contributed by atoms with Crippen LogP contribution in [0.5, 0.6) is 0 Å². The molecule has 0 spiro atoms. The molecule has 0 saturated carbocycles. The van der Waals surface area contributed by atoms with E-state index in [4.69, 9.17) is 10.2 Å². The zero-order valence-corrected chi connectivity index (χ0v) is 10.1. The number of hydrogen-bond acceptors (Lipinski definition) is 3. The van der Waals surface area contributed by atoms with Gasteiger partial charge in [-0.25, -0.2) is 0 Å². The fourth-order valence-electron chi connectivity index (χ4n) is 2.39. The average molecular weight is 222 g/mol. The van der Waals surface area contributed by atoms with Crippen molar-refractivity contribution in [3.63, 3.8) is 0 Å². The number of hydrogen-bond donors (Lipinski definition) is 1. The number of rotatable bonds is 3. The molecule has 2 N–H and O–H groups in total. The molecule has 1 fully saturated rings. The molecule has 1 aromatic heterocycles.